The summed E-state index contributed by atoms with van der Waals surface area (Å²) in [5, 5.41) is 9.78. The summed E-state index contributed by atoms with van der Waals surface area (Å²) < 4.78 is 6.15. The number of rotatable bonds is 3. The second-order valence-electron chi connectivity index (χ2n) is 3.51. The molecular formula is C11H13N3O3. The van der Waals surface area contributed by atoms with Crippen molar-refractivity contribution >= 4 is 11.5 Å². The SMILES string of the molecule is COC(=O)c1nc(CCN)n2c(O)cccc12. The van der Waals surface area contributed by atoms with Crippen LogP contribution in [0.3, 0.4) is 0 Å². The van der Waals surface area contributed by atoms with Gasteiger partial charge in [0.1, 0.15) is 5.82 Å². The quantitative estimate of drug-likeness (QED) is 0.748. The number of methoxy groups -OCH3 is 1. The molecule has 2 aromatic heterocycles. The van der Waals surface area contributed by atoms with Crippen LogP contribution in [0, 0.1) is 0 Å². The molecule has 0 spiro atoms. The Labute approximate surface area is 97.6 Å². The van der Waals surface area contributed by atoms with Crippen molar-refractivity contribution < 1.29 is 14.6 Å². The van der Waals surface area contributed by atoms with Crippen LogP contribution >= 0.6 is 0 Å². The van der Waals surface area contributed by atoms with Gasteiger partial charge in [0.05, 0.1) is 12.6 Å². The fraction of sp³-hybridized carbons (Fsp3) is 0.273. The van der Waals surface area contributed by atoms with Gasteiger partial charge in [0, 0.05) is 6.42 Å². The zero-order chi connectivity index (χ0) is 12.4. The Balaban J connectivity index is 2.70. The molecule has 6 nitrogen and oxygen atoms in total. The molecule has 0 radical (unpaired) electrons. The predicted octanol–water partition coefficient (Wildman–Crippen LogP) is 0.328. The van der Waals surface area contributed by atoms with Crippen molar-refractivity contribution in [3.05, 3.63) is 29.7 Å². The number of hydrogen-bond acceptors (Lipinski definition) is 5. The number of ether oxygens (including phenoxy) is 1. The van der Waals surface area contributed by atoms with Crippen LogP contribution in [-0.2, 0) is 11.2 Å². The average molecular weight is 235 g/mol. The van der Waals surface area contributed by atoms with E-state index < -0.39 is 5.97 Å². The lowest BCUT2D eigenvalue weighted by Gasteiger charge is -2.01. The fourth-order valence-corrected chi connectivity index (χ4v) is 1.73. The van der Waals surface area contributed by atoms with Gasteiger partial charge in [-0.25, -0.2) is 9.78 Å². The number of nitrogens with zero attached hydrogens (tertiary/aromatic N) is 2. The molecule has 3 N–H and O–H groups in total. The van der Waals surface area contributed by atoms with Crippen LogP contribution in [0.15, 0.2) is 18.2 Å². The van der Waals surface area contributed by atoms with E-state index in [0.29, 0.717) is 24.3 Å². The minimum absolute atomic E-state index is 0.0219. The molecule has 0 bridgehead atoms. The molecular weight excluding hydrogens is 222 g/mol. The van der Waals surface area contributed by atoms with E-state index in [9.17, 15) is 9.90 Å². The molecule has 90 valence electrons. The second kappa shape index (κ2) is 4.42. The summed E-state index contributed by atoms with van der Waals surface area (Å²) in [6.07, 6.45) is 0.468. The van der Waals surface area contributed by atoms with E-state index in [1.807, 2.05) is 0 Å². The molecule has 0 aliphatic heterocycles. The lowest BCUT2D eigenvalue weighted by atomic mass is 10.3. The molecule has 0 amide bonds. The topological polar surface area (TPSA) is 89.8 Å². The van der Waals surface area contributed by atoms with Gasteiger partial charge in [0.2, 0.25) is 0 Å². The highest BCUT2D eigenvalue weighted by molar-refractivity contribution is 5.95. The molecule has 0 saturated carbocycles. The molecule has 0 aromatic carbocycles. The van der Waals surface area contributed by atoms with Gasteiger partial charge in [-0.2, -0.15) is 0 Å². The Morgan fingerprint density at radius 1 is 1.59 bits per heavy atom. The van der Waals surface area contributed by atoms with Gasteiger partial charge in [-0.1, -0.05) is 6.07 Å². The van der Waals surface area contributed by atoms with Crippen molar-refractivity contribution in [2.75, 3.05) is 13.7 Å². The molecule has 0 unspecified atom stereocenters. The van der Waals surface area contributed by atoms with E-state index in [-0.39, 0.29) is 11.6 Å². The third-order valence-electron chi connectivity index (χ3n) is 2.46. The van der Waals surface area contributed by atoms with Gasteiger partial charge in [-0.3, -0.25) is 4.40 Å². The molecule has 2 rings (SSSR count). The third-order valence-corrected chi connectivity index (χ3v) is 2.46. The lowest BCUT2D eigenvalue weighted by Crippen LogP contribution is -2.06. The number of aromatic nitrogens is 2. The largest absolute Gasteiger partial charge is 0.494 e. The first-order valence-corrected chi connectivity index (χ1v) is 5.16. The summed E-state index contributed by atoms with van der Waals surface area (Å²) in [6.45, 7) is 0.383. The number of carbonyl (C=O) groups is 1. The highest BCUT2D eigenvalue weighted by Gasteiger charge is 2.18. The smallest absolute Gasteiger partial charge is 0.358 e. The maximum Gasteiger partial charge on any atom is 0.358 e. The third kappa shape index (κ3) is 1.83. The van der Waals surface area contributed by atoms with E-state index >= 15 is 0 Å². The Morgan fingerprint density at radius 2 is 2.35 bits per heavy atom. The summed E-state index contributed by atoms with van der Waals surface area (Å²) in [4.78, 5) is 15.7. The Morgan fingerprint density at radius 3 is 3.00 bits per heavy atom. The van der Waals surface area contributed by atoms with E-state index in [2.05, 4.69) is 9.72 Å². The number of aromatic hydroxyl groups is 1. The normalized spacial score (nSPS) is 10.7. The highest BCUT2D eigenvalue weighted by atomic mass is 16.5. The minimum atomic E-state index is -0.531. The minimum Gasteiger partial charge on any atom is -0.494 e. The number of esters is 1. The zero-order valence-electron chi connectivity index (χ0n) is 9.38. The number of fused-ring (bicyclic) bond motifs is 1. The summed E-state index contributed by atoms with van der Waals surface area (Å²) in [5.41, 5.74) is 6.17. The molecule has 0 fully saturated rings. The number of carbonyl (C=O) groups excluding carboxylic acids is 1. The molecule has 2 heterocycles. The van der Waals surface area contributed by atoms with Crippen LogP contribution < -0.4 is 5.73 Å². The Bertz CT molecular complexity index is 562. The van der Waals surface area contributed by atoms with Crippen LogP contribution in [-0.4, -0.2) is 34.1 Å². The van der Waals surface area contributed by atoms with Crippen molar-refractivity contribution in [2.45, 2.75) is 6.42 Å². The molecule has 6 heteroatoms. The first-order chi connectivity index (χ1) is 8.19. The highest BCUT2D eigenvalue weighted by Crippen LogP contribution is 2.20. The maximum atomic E-state index is 11.5. The van der Waals surface area contributed by atoms with Gasteiger partial charge in [0.15, 0.2) is 11.6 Å². The monoisotopic (exact) mass is 235 g/mol. The van der Waals surface area contributed by atoms with Crippen LogP contribution in [0.25, 0.3) is 5.52 Å². The van der Waals surface area contributed by atoms with Crippen LogP contribution in [0.5, 0.6) is 5.88 Å². The Hall–Kier alpha value is -2.08. The predicted molar refractivity (Wildman–Crippen MR) is 61.0 cm³/mol. The number of hydrogen-bond donors (Lipinski definition) is 2. The van der Waals surface area contributed by atoms with Crippen molar-refractivity contribution in [2.24, 2.45) is 5.73 Å². The van der Waals surface area contributed by atoms with Gasteiger partial charge < -0.3 is 15.6 Å². The standard InChI is InChI=1S/C11H13N3O3/c1-17-11(16)10-7-3-2-4-9(15)14(7)8(13-10)5-6-12/h2-4,15H,5-6,12H2,1H3. The van der Waals surface area contributed by atoms with Crippen molar-refractivity contribution in [1.82, 2.24) is 9.38 Å². The second-order valence-corrected chi connectivity index (χ2v) is 3.51. The number of nitrogens with two attached hydrogens (primary N) is 1. The van der Waals surface area contributed by atoms with Gasteiger partial charge >= 0.3 is 5.97 Å². The van der Waals surface area contributed by atoms with Crippen molar-refractivity contribution in [3.8, 4) is 5.88 Å². The lowest BCUT2D eigenvalue weighted by molar-refractivity contribution is 0.0597. The van der Waals surface area contributed by atoms with E-state index in [0.717, 1.165) is 0 Å². The summed E-state index contributed by atoms with van der Waals surface area (Å²) in [5.74, 6) is 0.0333. The van der Waals surface area contributed by atoms with Crippen LogP contribution in [0.4, 0.5) is 0 Å². The molecule has 2 aromatic rings. The average Bonchev–Trinajstić information content (AvgIpc) is 2.69. The fourth-order valence-electron chi connectivity index (χ4n) is 1.73. The first-order valence-electron chi connectivity index (χ1n) is 5.16. The first kappa shape index (κ1) is 11.4. The molecule has 17 heavy (non-hydrogen) atoms. The Kier molecular flexibility index (Phi) is 2.97. The van der Waals surface area contributed by atoms with Crippen molar-refractivity contribution in [1.29, 1.82) is 0 Å². The van der Waals surface area contributed by atoms with Gasteiger partial charge in [-0.15, -0.1) is 0 Å². The summed E-state index contributed by atoms with van der Waals surface area (Å²) >= 11 is 0. The molecule has 0 aliphatic carbocycles. The number of pyridine rings is 1. The van der Waals surface area contributed by atoms with Gasteiger partial charge in [0.25, 0.3) is 0 Å². The maximum absolute atomic E-state index is 11.5. The van der Waals surface area contributed by atoms with Crippen LogP contribution in [0.2, 0.25) is 0 Å². The van der Waals surface area contributed by atoms with Crippen LogP contribution in [0.1, 0.15) is 16.3 Å². The summed E-state index contributed by atoms with van der Waals surface area (Å²) in [7, 11) is 1.29. The molecule has 0 saturated heterocycles. The zero-order valence-corrected chi connectivity index (χ0v) is 9.38. The van der Waals surface area contributed by atoms with Crippen molar-refractivity contribution in [3.63, 3.8) is 0 Å². The van der Waals surface area contributed by atoms with E-state index in [1.54, 1.807) is 12.1 Å². The summed E-state index contributed by atoms with van der Waals surface area (Å²) in [6, 6.07) is 4.86. The molecule has 0 atom stereocenters. The van der Waals surface area contributed by atoms with Gasteiger partial charge in [-0.05, 0) is 18.7 Å². The van der Waals surface area contributed by atoms with E-state index in [4.69, 9.17) is 5.73 Å². The van der Waals surface area contributed by atoms with E-state index in [1.165, 1.54) is 17.6 Å². The molecule has 0 aliphatic rings. The number of imidazole rings is 1.